The van der Waals surface area contributed by atoms with E-state index < -0.39 is 0 Å². The molecule has 10 heavy (non-hydrogen) atoms. The Balaban J connectivity index is 2.52. The second-order valence-corrected chi connectivity index (χ2v) is 2.84. The molecule has 0 aromatic rings. The van der Waals surface area contributed by atoms with E-state index in [0.717, 1.165) is 6.42 Å². The first-order chi connectivity index (χ1) is 4.72. The first kappa shape index (κ1) is 7.29. The highest BCUT2D eigenvalue weighted by atomic mass is 32.1. The van der Waals surface area contributed by atoms with Crippen molar-refractivity contribution < 1.29 is 0 Å². The molecule has 1 fully saturated rings. The summed E-state index contributed by atoms with van der Waals surface area (Å²) in [5, 5.41) is 15.0. The third-order valence-corrected chi connectivity index (χ3v) is 1.66. The molecule has 54 valence electrons. The lowest BCUT2D eigenvalue weighted by Crippen LogP contribution is -2.52. The van der Waals surface area contributed by atoms with Crippen LogP contribution in [0.5, 0.6) is 0 Å². The molecule has 1 aliphatic heterocycles. The van der Waals surface area contributed by atoms with Crippen LogP contribution in [0, 0.1) is 11.3 Å². The van der Waals surface area contributed by atoms with Gasteiger partial charge in [-0.3, -0.25) is 0 Å². The minimum Gasteiger partial charge on any atom is -0.360 e. The van der Waals surface area contributed by atoms with E-state index in [9.17, 15) is 0 Å². The zero-order chi connectivity index (χ0) is 7.56. The minimum absolute atomic E-state index is 0.108. The van der Waals surface area contributed by atoms with Crippen molar-refractivity contribution in [3.05, 3.63) is 0 Å². The zero-order valence-corrected chi connectivity index (χ0v) is 6.53. The molecule has 1 saturated heterocycles. The fraction of sp³-hybridized carbons (Fsp3) is 0.667. The van der Waals surface area contributed by atoms with Crippen LogP contribution in [0.2, 0.25) is 0 Å². The third kappa shape index (κ3) is 1.58. The molecule has 0 bridgehead atoms. The molecule has 0 aliphatic carbocycles. The molecule has 1 aliphatic rings. The molecule has 0 spiro atoms. The maximum Gasteiger partial charge on any atom is 0.167 e. The van der Waals surface area contributed by atoms with E-state index in [-0.39, 0.29) is 6.04 Å². The number of nitriles is 1. The topological polar surface area (TPSA) is 47.9 Å². The van der Waals surface area contributed by atoms with E-state index >= 15 is 0 Å². The minimum atomic E-state index is -0.108. The van der Waals surface area contributed by atoms with Crippen molar-refractivity contribution in [3.63, 3.8) is 0 Å². The van der Waals surface area contributed by atoms with Crippen molar-refractivity contribution in [2.45, 2.75) is 25.4 Å². The smallest absolute Gasteiger partial charge is 0.167 e. The van der Waals surface area contributed by atoms with Gasteiger partial charge in [0, 0.05) is 12.5 Å². The summed E-state index contributed by atoms with van der Waals surface area (Å²) in [4.78, 5) is 0. The summed E-state index contributed by atoms with van der Waals surface area (Å²) in [6.07, 6.45) is 0.816. The first-order valence-electron chi connectivity index (χ1n) is 3.19. The highest BCUT2D eigenvalue weighted by Crippen LogP contribution is 2.01. The van der Waals surface area contributed by atoms with E-state index in [1.165, 1.54) is 0 Å². The van der Waals surface area contributed by atoms with Crippen LogP contribution in [0.4, 0.5) is 0 Å². The summed E-state index contributed by atoms with van der Waals surface area (Å²) in [6, 6.07) is 2.34. The van der Waals surface area contributed by atoms with Gasteiger partial charge >= 0.3 is 0 Å². The summed E-state index contributed by atoms with van der Waals surface area (Å²) in [5.74, 6) is 0. The Bertz CT molecular complexity index is 184. The van der Waals surface area contributed by atoms with Gasteiger partial charge in [0.15, 0.2) is 5.11 Å². The number of hydrogen-bond donors (Lipinski definition) is 2. The highest BCUT2D eigenvalue weighted by molar-refractivity contribution is 7.80. The molecule has 2 N–H and O–H groups in total. The molecule has 0 saturated carbocycles. The number of rotatable bonds is 0. The Kier molecular flexibility index (Phi) is 2.07. The van der Waals surface area contributed by atoms with Gasteiger partial charge in [0.1, 0.15) is 6.04 Å². The van der Waals surface area contributed by atoms with Crippen LogP contribution < -0.4 is 10.6 Å². The second kappa shape index (κ2) is 2.84. The Hall–Kier alpha value is -0.820. The monoisotopic (exact) mass is 155 g/mol. The summed E-state index contributed by atoms with van der Waals surface area (Å²) in [7, 11) is 0. The maximum absolute atomic E-state index is 8.53. The fourth-order valence-electron chi connectivity index (χ4n) is 0.980. The van der Waals surface area contributed by atoms with Gasteiger partial charge in [0.05, 0.1) is 6.07 Å². The summed E-state index contributed by atoms with van der Waals surface area (Å²) < 4.78 is 0. The molecule has 1 heterocycles. The average Bonchev–Trinajstić information content (AvgIpc) is 1.85. The van der Waals surface area contributed by atoms with Crippen LogP contribution in [0.25, 0.3) is 0 Å². The molecule has 0 amide bonds. The summed E-state index contributed by atoms with van der Waals surface area (Å²) >= 11 is 4.85. The lowest BCUT2D eigenvalue weighted by atomic mass is 10.1. The van der Waals surface area contributed by atoms with Crippen LogP contribution in [-0.2, 0) is 0 Å². The van der Waals surface area contributed by atoms with Crippen LogP contribution in [0.1, 0.15) is 13.3 Å². The van der Waals surface area contributed by atoms with Crippen molar-refractivity contribution in [2.75, 3.05) is 0 Å². The lowest BCUT2D eigenvalue weighted by molar-refractivity contribution is 0.500. The third-order valence-electron chi connectivity index (χ3n) is 1.43. The molecule has 1 rings (SSSR count). The SMILES string of the molecule is C[C@H]1C[C@H](C#N)NC(=S)N1. The molecule has 0 radical (unpaired) electrons. The number of thiocarbonyl (C=S) groups is 1. The average molecular weight is 155 g/mol. The molecule has 2 atom stereocenters. The standard InChI is InChI=1S/C6H9N3S/c1-4-2-5(3-7)9-6(10)8-4/h4-5H,2H2,1H3,(H2,8,9,10)/t4-,5+/m0/s1. The fourth-order valence-corrected chi connectivity index (χ4v) is 1.32. The molecule has 3 nitrogen and oxygen atoms in total. The quantitative estimate of drug-likeness (QED) is 0.488. The van der Waals surface area contributed by atoms with Crippen molar-refractivity contribution in [3.8, 4) is 6.07 Å². The molecule has 4 heteroatoms. The Morgan fingerprint density at radius 1 is 1.70 bits per heavy atom. The van der Waals surface area contributed by atoms with Crippen LogP contribution in [0.3, 0.4) is 0 Å². The molecular formula is C6H9N3S. The number of nitrogens with zero attached hydrogens (tertiary/aromatic N) is 1. The Labute approximate surface area is 65.4 Å². The van der Waals surface area contributed by atoms with Gasteiger partial charge in [0.25, 0.3) is 0 Å². The van der Waals surface area contributed by atoms with E-state index in [1.54, 1.807) is 0 Å². The summed E-state index contributed by atoms with van der Waals surface area (Å²) in [5.41, 5.74) is 0. The van der Waals surface area contributed by atoms with E-state index in [4.69, 9.17) is 17.5 Å². The predicted molar refractivity (Wildman–Crippen MR) is 42.3 cm³/mol. The van der Waals surface area contributed by atoms with Gasteiger partial charge in [-0.25, -0.2) is 0 Å². The van der Waals surface area contributed by atoms with Crippen molar-refractivity contribution in [1.82, 2.24) is 10.6 Å². The van der Waals surface area contributed by atoms with Crippen molar-refractivity contribution in [2.24, 2.45) is 0 Å². The first-order valence-corrected chi connectivity index (χ1v) is 3.60. The van der Waals surface area contributed by atoms with Crippen LogP contribution in [-0.4, -0.2) is 17.2 Å². The Morgan fingerprint density at radius 2 is 2.40 bits per heavy atom. The van der Waals surface area contributed by atoms with Gasteiger partial charge < -0.3 is 10.6 Å². The van der Waals surface area contributed by atoms with Gasteiger partial charge in [-0.05, 0) is 19.1 Å². The molecule has 0 aromatic carbocycles. The van der Waals surface area contributed by atoms with Gasteiger partial charge in [-0.2, -0.15) is 5.26 Å². The van der Waals surface area contributed by atoms with E-state index in [2.05, 4.69) is 16.7 Å². The number of nitrogens with one attached hydrogen (secondary N) is 2. The van der Waals surface area contributed by atoms with Crippen molar-refractivity contribution >= 4 is 17.3 Å². The highest BCUT2D eigenvalue weighted by Gasteiger charge is 2.19. The molecular weight excluding hydrogens is 146 g/mol. The number of hydrogen-bond acceptors (Lipinski definition) is 2. The normalized spacial score (nSPS) is 31.8. The van der Waals surface area contributed by atoms with Gasteiger partial charge in [-0.1, -0.05) is 0 Å². The van der Waals surface area contributed by atoms with Crippen LogP contribution >= 0.6 is 12.2 Å². The van der Waals surface area contributed by atoms with Crippen LogP contribution in [0.15, 0.2) is 0 Å². The maximum atomic E-state index is 8.53. The van der Waals surface area contributed by atoms with E-state index in [0.29, 0.717) is 11.2 Å². The largest absolute Gasteiger partial charge is 0.360 e. The second-order valence-electron chi connectivity index (χ2n) is 2.44. The molecule has 0 unspecified atom stereocenters. The van der Waals surface area contributed by atoms with Gasteiger partial charge in [0.2, 0.25) is 0 Å². The van der Waals surface area contributed by atoms with Crippen molar-refractivity contribution in [1.29, 1.82) is 5.26 Å². The zero-order valence-electron chi connectivity index (χ0n) is 5.72. The predicted octanol–water partition coefficient (Wildman–Crippen LogP) is 0.135. The van der Waals surface area contributed by atoms with E-state index in [1.807, 2.05) is 6.92 Å². The summed E-state index contributed by atoms with van der Waals surface area (Å²) in [6.45, 7) is 2.01. The lowest BCUT2D eigenvalue weighted by Gasteiger charge is -2.26. The van der Waals surface area contributed by atoms with Gasteiger partial charge in [-0.15, -0.1) is 0 Å². The molecule has 0 aromatic heterocycles. The Morgan fingerprint density at radius 3 is 2.90 bits per heavy atom.